The Morgan fingerprint density at radius 3 is 2.37 bits per heavy atom. The summed E-state index contributed by atoms with van der Waals surface area (Å²) in [6.45, 7) is 3.22. The van der Waals surface area contributed by atoms with Gasteiger partial charge in [0.2, 0.25) is 0 Å². The minimum absolute atomic E-state index is 0.0786. The van der Waals surface area contributed by atoms with E-state index in [9.17, 15) is 14.4 Å². The third-order valence-corrected chi connectivity index (χ3v) is 6.31. The smallest absolute Gasteiger partial charge is 0.295 e. The number of nitrogens with one attached hydrogen (secondary N) is 3. The molecular weight excluding hydrogens is 448 g/mol. The Balaban J connectivity index is 1.35. The van der Waals surface area contributed by atoms with Gasteiger partial charge in [-0.15, -0.1) is 0 Å². The molecule has 10 nitrogen and oxygen atoms in total. The van der Waals surface area contributed by atoms with Crippen LogP contribution in [0.1, 0.15) is 33.2 Å². The van der Waals surface area contributed by atoms with Gasteiger partial charge in [0.1, 0.15) is 17.8 Å². The minimum atomic E-state index is -0.623. The van der Waals surface area contributed by atoms with E-state index in [2.05, 4.69) is 20.8 Å². The monoisotopic (exact) mass is 474 g/mol. The largest absolute Gasteiger partial charge is 0.496 e. The molecule has 180 valence electrons. The first-order valence-corrected chi connectivity index (χ1v) is 11.4. The Bertz CT molecular complexity index is 1320. The molecule has 0 bridgehead atoms. The predicted molar refractivity (Wildman–Crippen MR) is 130 cm³/mol. The van der Waals surface area contributed by atoms with Crippen LogP contribution in [0.15, 0.2) is 53.7 Å². The van der Waals surface area contributed by atoms with Gasteiger partial charge in [-0.25, -0.2) is 10.4 Å². The summed E-state index contributed by atoms with van der Waals surface area (Å²) in [4.78, 5) is 50.0. The lowest BCUT2D eigenvalue weighted by Gasteiger charge is -2.34. The summed E-state index contributed by atoms with van der Waals surface area (Å²) < 4.78 is 5.51. The van der Waals surface area contributed by atoms with E-state index in [0.29, 0.717) is 41.1 Å². The van der Waals surface area contributed by atoms with Crippen molar-refractivity contribution in [1.82, 2.24) is 25.6 Å². The lowest BCUT2D eigenvalue weighted by atomic mass is 10.0. The Hall–Kier alpha value is -4.18. The summed E-state index contributed by atoms with van der Waals surface area (Å²) >= 11 is 0. The summed E-state index contributed by atoms with van der Waals surface area (Å²) in [6, 6.07) is 12.6. The van der Waals surface area contributed by atoms with Gasteiger partial charge in [0.25, 0.3) is 17.6 Å². The number of aliphatic imine (C=N–C) groups is 1. The fourth-order valence-corrected chi connectivity index (χ4v) is 4.47. The van der Waals surface area contributed by atoms with Crippen LogP contribution in [0.25, 0.3) is 10.9 Å². The fraction of sp³-hybridized carbons (Fsp3) is 0.280. The van der Waals surface area contributed by atoms with Crippen molar-refractivity contribution in [3.63, 3.8) is 0 Å². The predicted octanol–water partition coefficient (Wildman–Crippen LogP) is 1.54. The van der Waals surface area contributed by atoms with E-state index >= 15 is 0 Å². The van der Waals surface area contributed by atoms with Crippen molar-refractivity contribution in [3.05, 3.63) is 65.4 Å². The molecule has 1 unspecified atom stereocenters. The van der Waals surface area contributed by atoms with Crippen molar-refractivity contribution in [2.24, 2.45) is 4.99 Å². The quantitative estimate of drug-likeness (QED) is 0.381. The topological polar surface area (TPSA) is 119 Å². The summed E-state index contributed by atoms with van der Waals surface area (Å²) in [6.07, 6.45) is 1.45. The third-order valence-electron chi connectivity index (χ3n) is 6.31. The number of aromatic nitrogens is 1. The van der Waals surface area contributed by atoms with Crippen LogP contribution in [0.4, 0.5) is 0 Å². The van der Waals surface area contributed by atoms with Crippen molar-refractivity contribution >= 4 is 34.3 Å². The second-order valence-electron chi connectivity index (χ2n) is 8.47. The number of hydrazine groups is 1. The van der Waals surface area contributed by atoms with Crippen LogP contribution in [0, 0.1) is 0 Å². The number of benzene rings is 2. The van der Waals surface area contributed by atoms with Gasteiger partial charge in [-0.2, -0.15) is 0 Å². The molecule has 1 atom stereocenters. The first-order chi connectivity index (χ1) is 17.0. The fourth-order valence-electron chi connectivity index (χ4n) is 4.47. The van der Waals surface area contributed by atoms with Gasteiger partial charge in [0, 0.05) is 43.5 Å². The Morgan fingerprint density at radius 2 is 1.71 bits per heavy atom. The summed E-state index contributed by atoms with van der Waals surface area (Å²) in [5, 5.41) is 0.533. The second kappa shape index (κ2) is 9.22. The first-order valence-electron chi connectivity index (χ1n) is 11.4. The number of rotatable bonds is 5. The van der Waals surface area contributed by atoms with Crippen molar-refractivity contribution in [3.8, 4) is 5.75 Å². The van der Waals surface area contributed by atoms with E-state index in [4.69, 9.17) is 4.74 Å². The van der Waals surface area contributed by atoms with Crippen LogP contribution in [-0.4, -0.2) is 77.7 Å². The Morgan fingerprint density at radius 1 is 1.00 bits per heavy atom. The van der Waals surface area contributed by atoms with Crippen LogP contribution in [0.2, 0.25) is 0 Å². The highest BCUT2D eigenvalue weighted by atomic mass is 16.5. The van der Waals surface area contributed by atoms with Crippen LogP contribution in [-0.2, 0) is 4.79 Å². The van der Waals surface area contributed by atoms with E-state index in [0.717, 1.165) is 5.56 Å². The number of hydrogen-bond acceptors (Lipinski definition) is 7. The van der Waals surface area contributed by atoms with Crippen molar-refractivity contribution in [2.75, 3.05) is 33.3 Å². The molecular formula is C25H26N6O4. The number of Topliss-reactive ketones (excluding diaryl/α,β-unsaturated/α-hetero) is 1. The molecule has 5 rings (SSSR count). The van der Waals surface area contributed by atoms with Crippen molar-refractivity contribution < 1.29 is 19.1 Å². The molecule has 10 heteroatoms. The summed E-state index contributed by atoms with van der Waals surface area (Å²) in [5.74, 6) is -0.181. The van der Waals surface area contributed by atoms with Crippen LogP contribution < -0.4 is 15.6 Å². The van der Waals surface area contributed by atoms with Gasteiger partial charge in [0.05, 0.1) is 23.6 Å². The molecule has 0 saturated carbocycles. The van der Waals surface area contributed by atoms with Gasteiger partial charge < -0.3 is 24.9 Å². The number of methoxy groups -OCH3 is 1. The number of H-pyrrole nitrogens is 1. The van der Waals surface area contributed by atoms with Crippen LogP contribution >= 0.6 is 0 Å². The molecule has 3 heterocycles. The SMILES string of the molecule is COc1ccc(C2=NC(C)NN2)c2[nH]cc(C(=O)C(=O)N3CCN(C(=O)c4ccccc4)CC3)c12. The van der Waals surface area contributed by atoms with Crippen molar-refractivity contribution in [1.29, 1.82) is 0 Å². The lowest BCUT2D eigenvalue weighted by molar-refractivity contribution is -0.127. The molecule has 2 aliphatic rings. The highest BCUT2D eigenvalue weighted by Crippen LogP contribution is 2.32. The molecule has 0 aliphatic carbocycles. The molecule has 2 aliphatic heterocycles. The highest BCUT2D eigenvalue weighted by molar-refractivity contribution is 6.45. The third kappa shape index (κ3) is 4.12. The number of ketones is 1. The number of piperazine rings is 1. The van der Waals surface area contributed by atoms with Crippen LogP contribution in [0.3, 0.4) is 0 Å². The van der Waals surface area contributed by atoms with Crippen molar-refractivity contribution in [2.45, 2.75) is 13.1 Å². The molecule has 0 radical (unpaired) electrons. The second-order valence-corrected chi connectivity index (χ2v) is 8.47. The molecule has 1 fully saturated rings. The van der Waals surface area contributed by atoms with E-state index in [-0.39, 0.29) is 30.7 Å². The number of carbonyl (C=O) groups is 3. The zero-order valence-electron chi connectivity index (χ0n) is 19.5. The maximum Gasteiger partial charge on any atom is 0.295 e. The molecule has 2 aromatic carbocycles. The number of aromatic amines is 1. The molecule has 35 heavy (non-hydrogen) atoms. The lowest BCUT2D eigenvalue weighted by Crippen LogP contribution is -2.52. The molecule has 0 spiro atoms. The number of ether oxygens (including phenoxy) is 1. The van der Waals surface area contributed by atoms with Gasteiger partial charge in [0.15, 0.2) is 0 Å². The van der Waals surface area contributed by atoms with E-state index in [1.54, 1.807) is 29.3 Å². The molecule has 1 aromatic heterocycles. The number of nitrogens with zero attached hydrogens (tertiary/aromatic N) is 3. The Labute approximate surface area is 201 Å². The average Bonchev–Trinajstić information content (AvgIpc) is 3.54. The maximum atomic E-state index is 13.3. The van der Waals surface area contributed by atoms with E-state index in [1.165, 1.54) is 12.0 Å². The molecule has 3 aromatic rings. The number of amides is 2. The standard InChI is InChI=1S/C25H26N6O4/c1-15-27-23(29-28-15)17-8-9-19(35-2)20-18(14-26-21(17)20)22(32)25(34)31-12-10-30(11-13-31)24(33)16-6-4-3-5-7-16/h3-9,14-15,26,28H,10-13H2,1-2H3,(H,27,29). The Kier molecular flexibility index (Phi) is 5.96. The number of amidine groups is 1. The summed E-state index contributed by atoms with van der Waals surface area (Å²) in [5.41, 5.74) is 8.32. The van der Waals surface area contributed by atoms with Crippen LogP contribution in [0.5, 0.6) is 5.75 Å². The molecule has 3 N–H and O–H groups in total. The molecule has 1 saturated heterocycles. The molecule has 2 amide bonds. The number of hydrogen-bond donors (Lipinski definition) is 3. The zero-order chi connectivity index (χ0) is 24.5. The first kappa shape index (κ1) is 22.6. The average molecular weight is 475 g/mol. The van der Waals surface area contributed by atoms with Gasteiger partial charge in [-0.1, -0.05) is 18.2 Å². The van der Waals surface area contributed by atoms with Gasteiger partial charge in [-0.05, 0) is 31.2 Å². The normalized spacial score (nSPS) is 17.8. The van der Waals surface area contributed by atoms with Gasteiger partial charge >= 0.3 is 0 Å². The zero-order valence-corrected chi connectivity index (χ0v) is 19.5. The summed E-state index contributed by atoms with van der Waals surface area (Å²) in [7, 11) is 1.52. The number of fused-ring (bicyclic) bond motifs is 1. The number of carbonyl (C=O) groups excluding carboxylic acids is 3. The minimum Gasteiger partial charge on any atom is -0.496 e. The highest BCUT2D eigenvalue weighted by Gasteiger charge is 2.31. The van der Waals surface area contributed by atoms with Gasteiger partial charge in [-0.3, -0.25) is 14.4 Å². The van der Waals surface area contributed by atoms with E-state index < -0.39 is 11.7 Å². The maximum absolute atomic E-state index is 13.3. The van der Waals surface area contributed by atoms with E-state index in [1.807, 2.05) is 31.2 Å².